The van der Waals surface area contributed by atoms with Crippen LogP contribution in [0.4, 0.5) is 4.39 Å². The van der Waals surface area contributed by atoms with Crippen molar-refractivity contribution in [1.82, 2.24) is 10.3 Å². The molecule has 1 amide bonds. The molecule has 0 radical (unpaired) electrons. The molecule has 1 aromatic carbocycles. The molecule has 1 aromatic heterocycles. The monoisotopic (exact) mass is 580 g/mol. The number of nitrogens with one attached hydrogen (secondary N) is 1. The van der Waals surface area contributed by atoms with Crippen molar-refractivity contribution in [3.05, 3.63) is 58.7 Å². The summed E-state index contributed by atoms with van der Waals surface area (Å²) in [5.74, 6) is -1.49. The third-order valence-corrected chi connectivity index (χ3v) is 7.36. The first-order valence-electron chi connectivity index (χ1n) is 14.8. The van der Waals surface area contributed by atoms with Gasteiger partial charge >= 0.3 is 5.97 Å². The number of rotatable bonds is 6. The smallest absolute Gasteiger partial charge is 0.308 e. The number of carbonyl (C=O) groups excluding carboxylic acids is 2. The van der Waals surface area contributed by atoms with Gasteiger partial charge in [-0.15, -0.1) is 0 Å². The minimum atomic E-state index is -0.900. The lowest BCUT2D eigenvalue weighted by Crippen LogP contribution is -2.45. The summed E-state index contributed by atoms with van der Waals surface area (Å²) in [6.07, 6.45) is 4.78. The number of benzene rings is 1. The van der Waals surface area contributed by atoms with Crippen LogP contribution in [0.5, 0.6) is 0 Å². The number of carbonyl (C=O) groups is 2. The van der Waals surface area contributed by atoms with E-state index in [1.807, 2.05) is 60.6 Å². The van der Waals surface area contributed by atoms with Crippen molar-refractivity contribution < 1.29 is 28.2 Å². The van der Waals surface area contributed by atoms with Gasteiger partial charge in [-0.25, -0.2) is 4.39 Å². The van der Waals surface area contributed by atoms with E-state index in [1.165, 1.54) is 12.1 Å². The molecule has 1 fully saturated rings. The van der Waals surface area contributed by atoms with E-state index >= 15 is 0 Å². The van der Waals surface area contributed by atoms with Gasteiger partial charge in [0.05, 0.1) is 35.6 Å². The van der Waals surface area contributed by atoms with Crippen molar-refractivity contribution in [1.29, 1.82) is 0 Å². The van der Waals surface area contributed by atoms with Crippen molar-refractivity contribution in [2.45, 2.75) is 123 Å². The van der Waals surface area contributed by atoms with Gasteiger partial charge in [-0.2, -0.15) is 0 Å². The molecule has 4 rings (SSSR count). The Hall–Kier alpha value is -3.10. The van der Waals surface area contributed by atoms with Crippen LogP contribution in [-0.2, 0) is 35.8 Å². The Bertz CT molecular complexity index is 1360. The van der Waals surface area contributed by atoms with E-state index in [2.05, 4.69) is 19.2 Å². The molecule has 0 saturated carbocycles. The zero-order valence-corrected chi connectivity index (χ0v) is 26.4. The summed E-state index contributed by atoms with van der Waals surface area (Å²) < 4.78 is 31.9. The normalized spacial score (nSPS) is 22.0. The predicted octanol–water partition coefficient (Wildman–Crippen LogP) is 6.96. The van der Waals surface area contributed by atoms with Crippen LogP contribution in [0.1, 0.15) is 110 Å². The summed E-state index contributed by atoms with van der Waals surface area (Å²) in [5, 5.41) is 3.12. The first-order chi connectivity index (χ1) is 19.4. The van der Waals surface area contributed by atoms with E-state index in [1.54, 1.807) is 12.1 Å². The fourth-order valence-electron chi connectivity index (χ4n) is 5.85. The predicted molar refractivity (Wildman–Crippen MR) is 161 cm³/mol. The standard InChI is InChI=1S/C34H45FN2O5/c1-20(2)30-25(15-14-23-18-24(41-34(8,9)40-23)19-28(39)42-32(3,4)5)29(21-10-12-22(35)13-11-21)26-16-17-27(38)37-33(6,7)31(26)36-30/h10-15,20,23-24H,16-19H2,1-9H3,(H,37,38)/b15-14+/t23-,24-/m1/s1. The molecule has 1 N–H and O–H groups in total. The zero-order valence-electron chi connectivity index (χ0n) is 26.4. The lowest BCUT2D eigenvalue weighted by atomic mass is 9.84. The molecule has 2 aromatic rings. The van der Waals surface area contributed by atoms with Crippen molar-refractivity contribution in [3.8, 4) is 11.1 Å². The van der Waals surface area contributed by atoms with Crippen LogP contribution in [0.3, 0.4) is 0 Å². The highest BCUT2D eigenvalue weighted by Gasteiger charge is 2.37. The van der Waals surface area contributed by atoms with E-state index in [0.717, 1.165) is 33.6 Å². The van der Waals surface area contributed by atoms with Gasteiger partial charge in [0.25, 0.3) is 0 Å². The Labute approximate surface area is 249 Å². The van der Waals surface area contributed by atoms with Gasteiger partial charge in [-0.05, 0) is 89.6 Å². The van der Waals surface area contributed by atoms with Crippen LogP contribution in [0, 0.1) is 5.82 Å². The summed E-state index contributed by atoms with van der Waals surface area (Å²) in [7, 11) is 0. The number of ether oxygens (including phenoxy) is 3. The molecule has 0 bridgehead atoms. The summed E-state index contributed by atoms with van der Waals surface area (Å²) >= 11 is 0. The third kappa shape index (κ3) is 7.64. The Morgan fingerprint density at radius 2 is 1.81 bits per heavy atom. The van der Waals surface area contributed by atoms with Gasteiger partial charge in [-0.3, -0.25) is 14.6 Å². The third-order valence-electron chi connectivity index (χ3n) is 7.36. The first-order valence-corrected chi connectivity index (χ1v) is 14.8. The quantitative estimate of drug-likeness (QED) is 0.372. The molecule has 2 aliphatic rings. The molecule has 0 aliphatic carbocycles. The highest BCUT2D eigenvalue weighted by atomic mass is 19.1. The van der Waals surface area contributed by atoms with Gasteiger partial charge in [0.15, 0.2) is 5.79 Å². The highest BCUT2D eigenvalue weighted by molar-refractivity contribution is 5.84. The molecule has 7 nitrogen and oxygen atoms in total. The van der Waals surface area contributed by atoms with Crippen LogP contribution in [0.2, 0.25) is 0 Å². The lowest BCUT2D eigenvalue weighted by Gasteiger charge is -2.40. The van der Waals surface area contributed by atoms with Gasteiger partial charge in [-0.1, -0.05) is 38.1 Å². The average Bonchev–Trinajstić information content (AvgIpc) is 2.94. The number of aromatic nitrogens is 1. The van der Waals surface area contributed by atoms with E-state index in [-0.39, 0.29) is 42.2 Å². The van der Waals surface area contributed by atoms with Crippen LogP contribution in [0.25, 0.3) is 17.2 Å². The van der Waals surface area contributed by atoms with Crippen molar-refractivity contribution >= 4 is 18.0 Å². The first kappa shape index (κ1) is 31.8. The Morgan fingerprint density at radius 3 is 2.43 bits per heavy atom. The van der Waals surface area contributed by atoms with Gasteiger partial charge in [0, 0.05) is 18.4 Å². The molecule has 8 heteroatoms. The Balaban J connectivity index is 1.80. The molecule has 0 unspecified atom stereocenters. The molecule has 228 valence electrons. The molecule has 3 heterocycles. The maximum atomic E-state index is 14.0. The number of nitrogens with zero attached hydrogens (tertiary/aromatic N) is 1. The number of amides is 1. The van der Waals surface area contributed by atoms with Crippen molar-refractivity contribution in [3.63, 3.8) is 0 Å². The molecule has 42 heavy (non-hydrogen) atoms. The number of pyridine rings is 1. The second kappa shape index (κ2) is 11.9. The van der Waals surface area contributed by atoms with E-state index in [0.29, 0.717) is 19.3 Å². The lowest BCUT2D eigenvalue weighted by molar-refractivity contribution is -0.290. The largest absolute Gasteiger partial charge is 0.460 e. The molecule has 0 spiro atoms. The minimum Gasteiger partial charge on any atom is -0.460 e. The van der Waals surface area contributed by atoms with Gasteiger partial charge < -0.3 is 19.5 Å². The maximum Gasteiger partial charge on any atom is 0.308 e. The molecule has 2 aliphatic heterocycles. The number of esters is 1. The zero-order chi connectivity index (χ0) is 31.0. The topological polar surface area (TPSA) is 86.8 Å². The number of hydrogen-bond donors (Lipinski definition) is 1. The van der Waals surface area contributed by atoms with Crippen LogP contribution >= 0.6 is 0 Å². The van der Waals surface area contributed by atoms with Crippen molar-refractivity contribution in [2.75, 3.05) is 0 Å². The van der Waals surface area contributed by atoms with E-state index in [4.69, 9.17) is 19.2 Å². The average molecular weight is 581 g/mol. The van der Waals surface area contributed by atoms with Gasteiger partial charge in [0.2, 0.25) is 5.91 Å². The number of halogens is 1. The van der Waals surface area contributed by atoms with Crippen LogP contribution in [-0.4, -0.2) is 40.5 Å². The maximum absolute atomic E-state index is 14.0. The molecular weight excluding hydrogens is 535 g/mol. The molecule has 1 saturated heterocycles. The fraction of sp³-hybridized carbons (Fsp3) is 0.559. The summed E-state index contributed by atoms with van der Waals surface area (Å²) in [5.41, 5.74) is 4.15. The summed E-state index contributed by atoms with van der Waals surface area (Å²) in [6.45, 7) is 17.3. The highest BCUT2D eigenvalue weighted by Crippen LogP contribution is 2.40. The Kier molecular flexibility index (Phi) is 9.00. The number of hydrogen-bond acceptors (Lipinski definition) is 6. The van der Waals surface area contributed by atoms with E-state index in [9.17, 15) is 14.0 Å². The fourth-order valence-corrected chi connectivity index (χ4v) is 5.85. The van der Waals surface area contributed by atoms with Crippen LogP contribution < -0.4 is 5.32 Å². The summed E-state index contributed by atoms with van der Waals surface area (Å²) in [4.78, 5) is 30.4. The molecular formula is C34H45FN2O5. The SMILES string of the molecule is CC(C)c1nc2c(c(-c3ccc(F)cc3)c1/C=C/[C@@H]1C[C@H](CC(=O)OC(C)(C)C)OC(C)(C)O1)CCC(=O)NC2(C)C. The second-order valence-corrected chi connectivity index (χ2v) is 13.6. The van der Waals surface area contributed by atoms with E-state index < -0.39 is 16.9 Å². The van der Waals surface area contributed by atoms with Crippen LogP contribution in [0.15, 0.2) is 30.3 Å². The Morgan fingerprint density at radius 1 is 1.14 bits per heavy atom. The van der Waals surface area contributed by atoms with Crippen molar-refractivity contribution in [2.24, 2.45) is 0 Å². The van der Waals surface area contributed by atoms with Gasteiger partial charge in [0.1, 0.15) is 11.4 Å². The second-order valence-electron chi connectivity index (χ2n) is 13.6. The summed E-state index contributed by atoms with van der Waals surface area (Å²) in [6, 6.07) is 6.48. The molecule has 2 atom stereocenters. The number of fused-ring (bicyclic) bond motifs is 1. The minimum absolute atomic E-state index is 0.0277.